The Morgan fingerprint density at radius 1 is 1.24 bits per heavy atom. The van der Waals surface area contributed by atoms with Crippen molar-refractivity contribution in [2.45, 2.75) is 33.1 Å². The fourth-order valence-electron chi connectivity index (χ4n) is 3.52. The van der Waals surface area contributed by atoms with Gasteiger partial charge in [0, 0.05) is 28.1 Å². The zero-order valence-electron chi connectivity index (χ0n) is 16.1. The number of carbonyl (C=O) groups is 1. The number of thiocarbonyl (C=S) groups is 1. The van der Waals surface area contributed by atoms with Crippen molar-refractivity contribution < 1.29 is 9.21 Å². The molecule has 1 aliphatic rings. The Morgan fingerprint density at radius 3 is 2.90 bits per heavy atom. The maximum atomic E-state index is 12.5. The first kappa shape index (κ1) is 19.6. The summed E-state index contributed by atoms with van der Waals surface area (Å²) in [5, 5.41) is 4.08. The Kier molecular flexibility index (Phi) is 5.38. The number of fused-ring (bicyclic) bond motifs is 2. The third-order valence-corrected chi connectivity index (χ3v) is 6.46. The summed E-state index contributed by atoms with van der Waals surface area (Å²) >= 11 is 6.80. The van der Waals surface area contributed by atoms with Crippen molar-refractivity contribution in [2.24, 2.45) is 5.92 Å². The van der Waals surface area contributed by atoms with Crippen LogP contribution in [0.15, 0.2) is 39.5 Å². The van der Waals surface area contributed by atoms with Crippen molar-refractivity contribution in [3.63, 3.8) is 0 Å². The number of rotatable bonds is 2. The van der Waals surface area contributed by atoms with Crippen molar-refractivity contribution in [1.82, 2.24) is 10.9 Å². The van der Waals surface area contributed by atoms with Crippen molar-refractivity contribution in [1.29, 1.82) is 0 Å². The van der Waals surface area contributed by atoms with Gasteiger partial charge in [-0.15, -0.1) is 11.3 Å². The molecule has 2 aromatic heterocycles. The molecule has 1 unspecified atom stereocenters. The van der Waals surface area contributed by atoms with E-state index in [1.807, 2.05) is 25.1 Å². The number of nitrogens with one attached hydrogen (secondary N) is 3. The Hall–Kier alpha value is -2.71. The highest BCUT2D eigenvalue weighted by atomic mass is 32.1. The molecule has 0 bridgehead atoms. The molecule has 0 fully saturated rings. The van der Waals surface area contributed by atoms with Crippen LogP contribution in [-0.4, -0.2) is 11.0 Å². The SMILES string of the molecule is Cc1cc(=O)oc2cc(NC(=S)NNC(=O)c3cc4c(s3)CC(C)CC4)ccc12. The first-order chi connectivity index (χ1) is 13.9. The van der Waals surface area contributed by atoms with Crippen LogP contribution < -0.4 is 21.8 Å². The van der Waals surface area contributed by atoms with Crippen LogP contribution in [0.25, 0.3) is 11.0 Å². The molecule has 29 heavy (non-hydrogen) atoms. The number of hydrogen-bond donors (Lipinski definition) is 3. The highest BCUT2D eigenvalue weighted by molar-refractivity contribution is 7.80. The van der Waals surface area contributed by atoms with Crippen molar-refractivity contribution in [2.75, 3.05) is 5.32 Å². The summed E-state index contributed by atoms with van der Waals surface area (Å²) in [7, 11) is 0. The molecule has 0 saturated heterocycles. The van der Waals surface area contributed by atoms with Gasteiger partial charge < -0.3 is 9.73 Å². The second-order valence-corrected chi connectivity index (χ2v) is 8.94. The molecule has 8 heteroatoms. The Labute approximate surface area is 177 Å². The molecule has 0 saturated carbocycles. The van der Waals surface area contributed by atoms with E-state index in [9.17, 15) is 9.59 Å². The molecule has 2 heterocycles. The smallest absolute Gasteiger partial charge is 0.336 e. The van der Waals surface area contributed by atoms with E-state index < -0.39 is 5.63 Å². The van der Waals surface area contributed by atoms with Gasteiger partial charge in [-0.1, -0.05) is 6.92 Å². The summed E-state index contributed by atoms with van der Waals surface area (Å²) in [5.74, 6) is 0.462. The summed E-state index contributed by atoms with van der Waals surface area (Å²) in [4.78, 5) is 26.0. The third kappa shape index (κ3) is 4.33. The Balaban J connectivity index is 1.38. The van der Waals surface area contributed by atoms with Crippen LogP contribution in [0.4, 0.5) is 5.69 Å². The number of hydrogen-bond acceptors (Lipinski definition) is 5. The highest BCUT2D eigenvalue weighted by Gasteiger charge is 2.20. The first-order valence-electron chi connectivity index (χ1n) is 9.42. The van der Waals surface area contributed by atoms with Crippen LogP contribution in [0.2, 0.25) is 0 Å². The summed E-state index contributed by atoms with van der Waals surface area (Å²) in [5.41, 5.74) is 8.23. The number of thiophene rings is 1. The van der Waals surface area contributed by atoms with E-state index in [4.69, 9.17) is 16.6 Å². The number of carbonyl (C=O) groups excluding carboxylic acids is 1. The summed E-state index contributed by atoms with van der Waals surface area (Å²) in [6.07, 6.45) is 3.24. The zero-order valence-corrected chi connectivity index (χ0v) is 17.8. The number of hydrazine groups is 1. The number of amides is 1. The minimum absolute atomic E-state index is 0.207. The molecule has 3 aromatic rings. The van der Waals surface area contributed by atoms with Crippen LogP contribution in [0.3, 0.4) is 0 Å². The summed E-state index contributed by atoms with van der Waals surface area (Å²) in [6, 6.07) is 8.83. The standard InChI is InChI=1S/C21H21N3O3S2/c1-11-3-4-13-9-18(29-17(13)7-11)20(26)23-24-21(28)22-14-5-6-15-12(2)8-19(25)27-16(15)10-14/h5-6,8-11H,3-4,7H2,1-2H3,(H,23,26)(H2,22,24,28). The molecule has 150 valence electrons. The fraction of sp³-hybridized carbons (Fsp3) is 0.286. The van der Waals surface area contributed by atoms with Gasteiger partial charge in [0.2, 0.25) is 0 Å². The average molecular weight is 428 g/mol. The molecule has 0 aliphatic heterocycles. The summed E-state index contributed by atoms with van der Waals surface area (Å²) in [6.45, 7) is 4.10. The number of aryl methyl sites for hydroxylation is 2. The topological polar surface area (TPSA) is 83.4 Å². The van der Waals surface area contributed by atoms with Gasteiger partial charge >= 0.3 is 5.63 Å². The second-order valence-electron chi connectivity index (χ2n) is 7.40. The van der Waals surface area contributed by atoms with Gasteiger partial charge in [0.25, 0.3) is 5.91 Å². The van der Waals surface area contributed by atoms with E-state index in [1.54, 1.807) is 17.4 Å². The van der Waals surface area contributed by atoms with Crippen molar-refractivity contribution >= 4 is 51.2 Å². The molecule has 0 spiro atoms. The fourth-order valence-corrected chi connectivity index (χ4v) is 4.96. The van der Waals surface area contributed by atoms with Gasteiger partial charge in [0.1, 0.15) is 5.58 Å². The minimum Gasteiger partial charge on any atom is -0.423 e. The van der Waals surface area contributed by atoms with E-state index in [0.29, 0.717) is 22.1 Å². The Morgan fingerprint density at radius 2 is 2.07 bits per heavy atom. The van der Waals surface area contributed by atoms with Crippen molar-refractivity contribution in [3.8, 4) is 0 Å². The monoisotopic (exact) mass is 427 g/mol. The molecule has 1 aromatic carbocycles. The largest absolute Gasteiger partial charge is 0.423 e. The van der Waals surface area contributed by atoms with Crippen molar-refractivity contribution in [3.05, 3.63) is 61.6 Å². The lowest BCUT2D eigenvalue weighted by atomic mass is 9.90. The average Bonchev–Trinajstić information content (AvgIpc) is 3.09. The summed E-state index contributed by atoms with van der Waals surface area (Å²) < 4.78 is 5.24. The van der Waals surface area contributed by atoms with Crippen LogP contribution in [-0.2, 0) is 12.8 Å². The van der Waals surface area contributed by atoms with Gasteiger partial charge in [-0.05, 0) is 73.6 Å². The molecule has 0 radical (unpaired) electrons. The lowest BCUT2D eigenvalue weighted by molar-refractivity contribution is 0.0948. The predicted molar refractivity (Wildman–Crippen MR) is 120 cm³/mol. The molecule has 1 atom stereocenters. The molecule has 3 N–H and O–H groups in total. The lowest BCUT2D eigenvalue weighted by Gasteiger charge is -2.16. The van der Waals surface area contributed by atoms with E-state index >= 15 is 0 Å². The molecular formula is C21H21N3O3S2. The maximum Gasteiger partial charge on any atom is 0.336 e. The lowest BCUT2D eigenvalue weighted by Crippen LogP contribution is -2.43. The van der Waals surface area contributed by atoms with Gasteiger partial charge in [-0.25, -0.2) is 4.79 Å². The predicted octanol–water partition coefficient (Wildman–Crippen LogP) is 3.92. The minimum atomic E-state index is -0.395. The van der Waals surface area contributed by atoms with E-state index in [-0.39, 0.29) is 11.0 Å². The normalized spacial score (nSPS) is 15.6. The van der Waals surface area contributed by atoms with E-state index in [2.05, 4.69) is 23.1 Å². The van der Waals surface area contributed by atoms with Crippen LogP contribution in [0.5, 0.6) is 0 Å². The number of benzene rings is 1. The van der Waals surface area contributed by atoms with Crippen LogP contribution in [0, 0.1) is 12.8 Å². The maximum absolute atomic E-state index is 12.5. The van der Waals surface area contributed by atoms with Gasteiger partial charge in [-0.3, -0.25) is 15.6 Å². The van der Waals surface area contributed by atoms with Gasteiger partial charge in [-0.2, -0.15) is 0 Å². The second kappa shape index (κ2) is 7.96. The van der Waals surface area contributed by atoms with Crippen LogP contribution >= 0.6 is 23.6 Å². The quantitative estimate of drug-likeness (QED) is 0.327. The molecule has 1 aliphatic carbocycles. The third-order valence-electron chi connectivity index (χ3n) is 5.06. The van der Waals surface area contributed by atoms with Gasteiger partial charge in [0.15, 0.2) is 5.11 Å². The van der Waals surface area contributed by atoms with Crippen LogP contribution in [0.1, 0.15) is 39.0 Å². The first-order valence-corrected chi connectivity index (χ1v) is 10.6. The molecule has 4 rings (SSSR count). The molecular weight excluding hydrogens is 406 g/mol. The van der Waals surface area contributed by atoms with E-state index in [0.717, 1.165) is 23.8 Å². The zero-order chi connectivity index (χ0) is 20.5. The highest BCUT2D eigenvalue weighted by Crippen LogP contribution is 2.32. The van der Waals surface area contributed by atoms with E-state index in [1.165, 1.54) is 22.9 Å². The molecule has 6 nitrogen and oxygen atoms in total. The molecule has 1 amide bonds. The number of anilines is 1. The Bertz CT molecular complexity index is 1170. The van der Waals surface area contributed by atoms with Gasteiger partial charge in [0.05, 0.1) is 4.88 Å².